The maximum atomic E-state index is 11.6. The Morgan fingerprint density at radius 3 is 1.37 bits per heavy atom. The van der Waals surface area contributed by atoms with Crippen LogP contribution in [0.25, 0.3) is 0 Å². The van der Waals surface area contributed by atoms with Crippen LogP contribution >= 0.6 is 0 Å². The number of hydrogen-bond donors (Lipinski definition) is 2. The number of allylic oxidation sites excluding steroid dienone is 8. The van der Waals surface area contributed by atoms with Gasteiger partial charge in [0.15, 0.2) is 0 Å². The fourth-order valence-corrected chi connectivity index (χ4v) is 5.65. The first-order valence-electron chi connectivity index (χ1n) is 11.7. The lowest BCUT2D eigenvalue weighted by atomic mass is 9.55. The van der Waals surface area contributed by atoms with E-state index in [1.807, 2.05) is 0 Å². The number of aliphatic hydroxyl groups excluding tert-OH is 2. The minimum absolute atomic E-state index is 0.0316. The van der Waals surface area contributed by atoms with Crippen molar-refractivity contribution < 1.29 is 10.2 Å². The Hall–Kier alpha value is -1.44. The lowest BCUT2D eigenvalue weighted by Gasteiger charge is -2.49. The van der Waals surface area contributed by atoms with Gasteiger partial charge in [0.05, 0.1) is 0 Å². The minimum atomic E-state index is -0.182. The summed E-state index contributed by atoms with van der Waals surface area (Å²) < 4.78 is 0. The van der Waals surface area contributed by atoms with Gasteiger partial charge in [0.2, 0.25) is 0 Å². The first-order valence-corrected chi connectivity index (χ1v) is 11.7. The van der Waals surface area contributed by atoms with Crippen molar-refractivity contribution in [3.05, 3.63) is 47.0 Å². The summed E-state index contributed by atoms with van der Waals surface area (Å²) in [5.41, 5.74) is 1.44. The van der Waals surface area contributed by atoms with Crippen molar-refractivity contribution in [1.82, 2.24) is 0 Å². The highest BCUT2D eigenvalue weighted by atomic mass is 16.3. The van der Waals surface area contributed by atoms with E-state index in [-0.39, 0.29) is 39.4 Å². The largest absolute Gasteiger partial charge is 0.512 e. The van der Waals surface area contributed by atoms with Crippen LogP contribution in [-0.2, 0) is 0 Å². The summed E-state index contributed by atoms with van der Waals surface area (Å²) in [6.07, 6.45) is 10.8. The van der Waals surface area contributed by atoms with Crippen LogP contribution in [0.2, 0.25) is 0 Å². The second kappa shape index (κ2) is 7.92. The summed E-state index contributed by atoms with van der Waals surface area (Å²) in [5, 5.41) is 23.2. The summed E-state index contributed by atoms with van der Waals surface area (Å²) in [6.45, 7) is 24.1. The van der Waals surface area contributed by atoms with Crippen molar-refractivity contribution in [2.75, 3.05) is 0 Å². The zero-order valence-corrected chi connectivity index (χ0v) is 21.4. The Morgan fingerprint density at radius 1 is 0.767 bits per heavy atom. The lowest BCUT2D eigenvalue weighted by Crippen LogP contribution is -2.44. The molecule has 2 unspecified atom stereocenters. The zero-order valence-electron chi connectivity index (χ0n) is 21.4. The molecule has 2 nitrogen and oxygen atoms in total. The van der Waals surface area contributed by atoms with Crippen molar-refractivity contribution in [1.29, 1.82) is 0 Å². The zero-order chi connectivity index (χ0) is 23.3. The molecule has 30 heavy (non-hydrogen) atoms. The van der Waals surface area contributed by atoms with Gasteiger partial charge in [-0.2, -0.15) is 0 Å². The van der Waals surface area contributed by atoms with Gasteiger partial charge in [-0.15, -0.1) is 0 Å². The van der Waals surface area contributed by atoms with E-state index in [1.165, 1.54) is 0 Å². The van der Waals surface area contributed by atoms with E-state index in [4.69, 9.17) is 0 Å². The topological polar surface area (TPSA) is 40.5 Å². The molecule has 2 aliphatic carbocycles. The molecule has 170 valence electrons. The number of aliphatic hydroxyl groups is 2. The molecule has 0 aromatic carbocycles. The van der Waals surface area contributed by atoms with E-state index in [0.717, 1.165) is 24.0 Å². The Balaban J connectivity index is 2.73. The second-order valence-electron chi connectivity index (χ2n) is 12.8. The Kier molecular flexibility index (Phi) is 6.55. The normalized spacial score (nSPS) is 27.6. The smallest absolute Gasteiger partial charge is 0.100 e. The van der Waals surface area contributed by atoms with Crippen molar-refractivity contribution in [2.24, 2.45) is 39.4 Å². The first kappa shape index (κ1) is 24.8. The van der Waals surface area contributed by atoms with Crippen molar-refractivity contribution in [2.45, 2.75) is 89.0 Å². The Morgan fingerprint density at radius 2 is 1.10 bits per heavy atom. The molecule has 2 heteroatoms. The molecule has 0 bridgehead atoms. The molecule has 0 saturated heterocycles. The molecule has 0 fully saturated rings. The third kappa shape index (κ3) is 4.58. The van der Waals surface area contributed by atoms with E-state index in [0.29, 0.717) is 11.5 Å². The highest BCUT2D eigenvalue weighted by Crippen LogP contribution is 2.56. The van der Waals surface area contributed by atoms with E-state index in [2.05, 4.69) is 100 Å². The van der Waals surface area contributed by atoms with Crippen LogP contribution in [0.5, 0.6) is 0 Å². The Labute approximate surface area is 185 Å². The van der Waals surface area contributed by atoms with Crippen LogP contribution in [-0.4, -0.2) is 10.2 Å². The maximum Gasteiger partial charge on any atom is 0.100 e. The van der Waals surface area contributed by atoms with Gasteiger partial charge in [0.1, 0.15) is 11.5 Å². The van der Waals surface area contributed by atoms with Gasteiger partial charge >= 0.3 is 0 Å². The van der Waals surface area contributed by atoms with Gasteiger partial charge in [0, 0.05) is 11.8 Å². The summed E-state index contributed by atoms with van der Waals surface area (Å²) >= 11 is 0. The number of rotatable bonds is 4. The molecular weight excluding hydrogens is 368 g/mol. The third-order valence-electron chi connectivity index (χ3n) is 7.20. The Bertz CT molecular complexity index is 708. The van der Waals surface area contributed by atoms with Crippen molar-refractivity contribution in [3.63, 3.8) is 0 Å². The SMILES string of the molecule is CCCC(C1C(O)=C(C(C)(C)C)C=CC1(C)C)C1C(O)=C(C(C)(C)C)C=CC1(C)C. The van der Waals surface area contributed by atoms with E-state index in [9.17, 15) is 10.2 Å². The molecule has 2 aliphatic rings. The molecular formula is C28H46O2. The van der Waals surface area contributed by atoms with Gasteiger partial charge in [-0.1, -0.05) is 107 Å². The molecule has 2 N–H and O–H groups in total. The fraction of sp³-hybridized carbons (Fsp3) is 0.714. The third-order valence-corrected chi connectivity index (χ3v) is 7.20. The highest BCUT2D eigenvalue weighted by molar-refractivity contribution is 5.39. The van der Waals surface area contributed by atoms with Crippen molar-refractivity contribution in [3.8, 4) is 0 Å². The van der Waals surface area contributed by atoms with Crippen LogP contribution < -0.4 is 0 Å². The second-order valence-corrected chi connectivity index (χ2v) is 12.8. The van der Waals surface area contributed by atoms with Crippen LogP contribution in [0.1, 0.15) is 89.0 Å². The van der Waals surface area contributed by atoms with Gasteiger partial charge in [-0.3, -0.25) is 0 Å². The average Bonchev–Trinajstić information content (AvgIpc) is 2.50. The van der Waals surface area contributed by atoms with Crippen LogP contribution in [0, 0.1) is 39.4 Å². The molecule has 2 rings (SSSR count). The predicted octanol–water partition coefficient (Wildman–Crippen LogP) is 8.54. The maximum absolute atomic E-state index is 11.6. The van der Waals surface area contributed by atoms with Gasteiger partial charge in [-0.25, -0.2) is 0 Å². The monoisotopic (exact) mass is 414 g/mol. The molecule has 0 saturated carbocycles. The molecule has 0 aromatic heterocycles. The first-order chi connectivity index (χ1) is 13.4. The van der Waals surface area contributed by atoms with E-state index in [1.54, 1.807) is 0 Å². The molecule has 0 amide bonds. The minimum Gasteiger partial charge on any atom is -0.512 e. The lowest BCUT2D eigenvalue weighted by molar-refractivity contribution is 0.0512. The molecule has 0 aromatic rings. The van der Waals surface area contributed by atoms with Gasteiger partial charge in [-0.05, 0) is 45.1 Å². The summed E-state index contributed by atoms with van der Waals surface area (Å²) in [7, 11) is 0. The molecule has 2 atom stereocenters. The molecule has 0 aliphatic heterocycles. The average molecular weight is 415 g/mol. The van der Waals surface area contributed by atoms with E-state index < -0.39 is 0 Å². The summed E-state index contributed by atoms with van der Waals surface area (Å²) in [4.78, 5) is 0. The van der Waals surface area contributed by atoms with Crippen LogP contribution in [0.3, 0.4) is 0 Å². The molecule has 0 heterocycles. The number of hydrogen-bond acceptors (Lipinski definition) is 2. The summed E-state index contributed by atoms with van der Waals surface area (Å²) in [6, 6.07) is 0. The van der Waals surface area contributed by atoms with Crippen LogP contribution in [0.4, 0.5) is 0 Å². The highest BCUT2D eigenvalue weighted by Gasteiger charge is 2.50. The molecule has 0 radical (unpaired) electrons. The van der Waals surface area contributed by atoms with E-state index >= 15 is 0 Å². The molecule has 0 spiro atoms. The van der Waals surface area contributed by atoms with Gasteiger partial charge in [0.25, 0.3) is 0 Å². The summed E-state index contributed by atoms with van der Waals surface area (Å²) in [5.74, 6) is 1.11. The quantitative estimate of drug-likeness (QED) is 0.484. The standard InChI is InChI=1S/C28H46O2/c1-12-13-18(21-23(29)19(25(2,3)4)14-16-27(21,8)9)22-24(30)20(26(5,6)7)15-17-28(22,10)11/h14-18,21-22,29-30H,12-13H2,1-11H3. The van der Waals surface area contributed by atoms with Gasteiger partial charge < -0.3 is 10.2 Å². The predicted molar refractivity (Wildman–Crippen MR) is 129 cm³/mol. The van der Waals surface area contributed by atoms with Crippen LogP contribution in [0.15, 0.2) is 47.0 Å². The fourth-order valence-electron chi connectivity index (χ4n) is 5.65. The van der Waals surface area contributed by atoms with Crippen molar-refractivity contribution >= 4 is 0 Å².